The van der Waals surface area contributed by atoms with Crippen molar-refractivity contribution >= 4 is 44.4 Å². The van der Waals surface area contributed by atoms with E-state index < -0.39 is 0 Å². The fourth-order valence-electron chi connectivity index (χ4n) is 1.79. The molecular formula is C13H9BrClN5O. The van der Waals surface area contributed by atoms with Crippen LogP contribution in [-0.4, -0.2) is 15.0 Å². The quantitative estimate of drug-likeness (QED) is 0.545. The molecule has 21 heavy (non-hydrogen) atoms. The fraction of sp³-hybridized carbons (Fsp3) is 0. The van der Waals surface area contributed by atoms with Crippen LogP contribution >= 0.6 is 27.5 Å². The molecule has 0 saturated carbocycles. The number of anilines is 1. The molecule has 3 N–H and O–H groups in total. The smallest absolute Gasteiger partial charge is 0.240 e. The van der Waals surface area contributed by atoms with E-state index in [4.69, 9.17) is 22.2 Å². The fourth-order valence-corrected chi connectivity index (χ4v) is 2.28. The van der Waals surface area contributed by atoms with E-state index in [2.05, 4.69) is 36.3 Å². The highest BCUT2D eigenvalue weighted by Gasteiger charge is 2.11. The van der Waals surface area contributed by atoms with Gasteiger partial charge < -0.3 is 4.74 Å². The number of nitrogens with two attached hydrogens (primary N) is 1. The molecule has 2 aromatic heterocycles. The molecule has 106 valence electrons. The zero-order chi connectivity index (χ0) is 14.8. The topological polar surface area (TPSA) is 86.0 Å². The minimum atomic E-state index is 0.249. The normalized spacial score (nSPS) is 10.6. The van der Waals surface area contributed by atoms with E-state index in [0.717, 1.165) is 5.39 Å². The standard InChI is InChI=1S/C13H9BrClN5O/c14-8-6-18-13(20-16)19-12(8)21-10-4-3-9(15)7-2-1-5-17-11(7)10/h1-6H,16H2,(H,18,19,20). The van der Waals surface area contributed by atoms with Gasteiger partial charge in [-0.1, -0.05) is 11.6 Å². The molecule has 0 bridgehead atoms. The molecule has 3 aromatic rings. The second-order valence-corrected chi connectivity index (χ2v) is 5.30. The zero-order valence-corrected chi connectivity index (χ0v) is 12.9. The molecule has 8 heteroatoms. The number of hydrogen-bond donors (Lipinski definition) is 2. The van der Waals surface area contributed by atoms with Crippen molar-refractivity contribution in [3.05, 3.63) is 46.2 Å². The van der Waals surface area contributed by atoms with E-state index in [9.17, 15) is 0 Å². The van der Waals surface area contributed by atoms with Crippen molar-refractivity contribution in [2.24, 2.45) is 5.84 Å². The molecule has 0 fully saturated rings. The van der Waals surface area contributed by atoms with Crippen molar-refractivity contribution in [1.82, 2.24) is 15.0 Å². The summed E-state index contributed by atoms with van der Waals surface area (Å²) in [5.41, 5.74) is 3.02. The first-order valence-corrected chi connectivity index (χ1v) is 7.06. The molecule has 1 aromatic carbocycles. The Bertz CT molecular complexity index is 814. The molecule has 0 aliphatic rings. The Hall–Kier alpha value is -1.96. The lowest BCUT2D eigenvalue weighted by molar-refractivity contribution is 0.463. The maximum absolute atomic E-state index is 6.15. The summed E-state index contributed by atoms with van der Waals surface area (Å²) >= 11 is 9.48. The van der Waals surface area contributed by atoms with Crippen molar-refractivity contribution < 1.29 is 4.74 Å². The lowest BCUT2D eigenvalue weighted by atomic mass is 10.2. The number of hydrazine groups is 1. The van der Waals surface area contributed by atoms with Crippen molar-refractivity contribution in [2.75, 3.05) is 5.43 Å². The van der Waals surface area contributed by atoms with Crippen LogP contribution in [0.25, 0.3) is 10.9 Å². The molecular weight excluding hydrogens is 358 g/mol. The van der Waals surface area contributed by atoms with Crippen molar-refractivity contribution in [3.63, 3.8) is 0 Å². The highest BCUT2D eigenvalue weighted by Crippen LogP contribution is 2.34. The van der Waals surface area contributed by atoms with Crippen LogP contribution in [-0.2, 0) is 0 Å². The summed E-state index contributed by atoms with van der Waals surface area (Å²) in [6, 6.07) is 7.17. The largest absolute Gasteiger partial charge is 0.435 e. The van der Waals surface area contributed by atoms with Gasteiger partial charge in [-0.25, -0.2) is 10.8 Å². The molecule has 0 unspecified atom stereocenters. The number of fused-ring (bicyclic) bond motifs is 1. The third-order valence-electron chi connectivity index (χ3n) is 2.73. The van der Waals surface area contributed by atoms with E-state index in [1.807, 2.05) is 12.1 Å². The molecule has 3 rings (SSSR count). The molecule has 0 saturated heterocycles. The number of hydrogen-bond acceptors (Lipinski definition) is 6. The maximum atomic E-state index is 6.15. The number of nitrogens with one attached hydrogen (secondary N) is 1. The zero-order valence-electron chi connectivity index (χ0n) is 10.5. The number of pyridine rings is 1. The maximum Gasteiger partial charge on any atom is 0.240 e. The Morgan fingerprint density at radius 1 is 1.24 bits per heavy atom. The third-order valence-corrected chi connectivity index (χ3v) is 3.60. The van der Waals surface area contributed by atoms with Gasteiger partial charge in [0.1, 0.15) is 5.52 Å². The first-order valence-electron chi connectivity index (χ1n) is 5.89. The number of halogens is 2. The van der Waals surface area contributed by atoms with Crippen molar-refractivity contribution in [1.29, 1.82) is 0 Å². The van der Waals surface area contributed by atoms with Crippen LogP contribution in [0.3, 0.4) is 0 Å². The highest BCUT2D eigenvalue weighted by atomic mass is 79.9. The average molecular weight is 367 g/mol. The summed E-state index contributed by atoms with van der Waals surface area (Å²) in [7, 11) is 0. The van der Waals surface area contributed by atoms with E-state index in [0.29, 0.717) is 26.6 Å². The Balaban J connectivity index is 2.08. The number of ether oxygens (including phenoxy) is 1. The minimum Gasteiger partial charge on any atom is -0.435 e. The predicted octanol–water partition coefficient (Wildman–Crippen LogP) is 3.52. The van der Waals surface area contributed by atoms with Crippen LogP contribution in [0.1, 0.15) is 0 Å². The highest BCUT2D eigenvalue weighted by molar-refractivity contribution is 9.10. The van der Waals surface area contributed by atoms with Gasteiger partial charge in [-0.2, -0.15) is 4.98 Å². The van der Waals surface area contributed by atoms with Gasteiger partial charge in [0.25, 0.3) is 0 Å². The summed E-state index contributed by atoms with van der Waals surface area (Å²) in [6.45, 7) is 0. The van der Waals surface area contributed by atoms with Gasteiger partial charge in [0.15, 0.2) is 5.75 Å². The third kappa shape index (κ3) is 2.76. The second-order valence-electron chi connectivity index (χ2n) is 4.04. The van der Waals surface area contributed by atoms with E-state index in [1.54, 1.807) is 24.5 Å². The molecule has 0 spiro atoms. The molecule has 6 nitrogen and oxygen atoms in total. The number of nitrogen functional groups attached to an aromatic ring is 1. The summed E-state index contributed by atoms with van der Waals surface area (Å²) in [5, 5.41) is 1.41. The van der Waals surface area contributed by atoms with Gasteiger partial charge in [0.05, 0.1) is 15.7 Å². The van der Waals surface area contributed by atoms with Crippen LogP contribution in [0, 0.1) is 0 Å². The SMILES string of the molecule is NNc1ncc(Br)c(Oc2ccc(Cl)c3cccnc23)n1. The van der Waals surface area contributed by atoms with Crippen molar-refractivity contribution in [3.8, 4) is 11.6 Å². The van der Waals surface area contributed by atoms with Gasteiger partial charge >= 0.3 is 0 Å². The lowest BCUT2D eigenvalue weighted by Crippen LogP contribution is -2.10. The monoisotopic (exact) mass is 365 g/mol. The average Bonchev–Trinajstić information content (AvgIpc) is 2.52. The van der Waals surface area contributed by atoms with Gasteiger partial charge in [0, 0.05) is 11.6 Å². The van der Waals surface area contributed by atoms with Crippen LogP contribution < -0.4 is 16.0 Å². The van der Waals surface area contributed by atoms with Crippen LogP contribution in [0.2, 0.25) is 5.02 Å². The first kappa shape index (κ1) is 14.0. The Morgan fingerprint density at radius 2 is 2.10 bits per heavy atom. The van der Waals surface area contributed by atoms with Crippen molar-refractivity contribution in [2.45, 2.75) is 0 Å². The van der Waals surface area contributed by atoms with Gasteiger partial charge in [-0.05, 0) is 40.2 Å². The Labute approximate surface area is 133 Å². The summed E-state index contributed by atoms with van der Waals surface area (Å²) in [6.07, 6.45) is 3.22. The Kier molecular flexibility index (Phi) is 3.87. The molecule has 0 aliphatic heterocycles. The van der Waals surface area contributed by atoms with Gasteiger partial charge in [-0.15, -0.1) is 0 Å². The summed E-state index contributed by atoms with van der Waals surface area (Å²) in [5.74, 6) is 6.41. The first-order chi connectivity index (χ1) is 10.2. The minimum absolute atomic E-state index is 0.249. The molecule has 0 radical (unpaired) electrons. The molecule has 2 heterocycles. The van der Waals surface area contributed by atoms with Gasteiger partial charge in [0.2, 0.25) is 11.8 Å². The van der Waals surface area contributed by atoms with Crippen LogP contribution in [0.5, 0.6) is 11.6 Å². The van der Waals surface area contributed by atoms with E-state index in [1.165, 1.54) is 0 Å². The molecule has 0 aliphatic carbocycles. The van der Waals surface area contributed by atoms with Crippen LogP contribution in [0.15, 0.2) is 41.1 Å². The number of benzene rings is 1. The summed E-state index contributed by atoms with van der Waals surface area (Å²) < 4.78 is 6.40. The predicted molar refractivity (Wildman–Crippen MR) is 84.4 cm³/mol. The second kappa shape index (κ2) is 5.80. The lowest BCUT2D eigenvalue weighted by Gasteiger charge is -2.10. The Morgan fingerprint density at radius 3 is 2.90 bits per heavy atom. The van der Waals surface area contributed by atoms with E-state index >= 15 is 0 Å². The van der Waals surface area contributed by atoms with E-state index in [-0.39, 0.29) is 5.95 Å². The molecule has 0 amide bonds. The summed E-state index contributed by atoms with van der Waals surface area (Å²) in [4.78, 5) is 12.4. The van der Waals surface area contributed by atoms with Gasteiger partial charge in [-0.3, -0.25) is 10.4 Å². The number of nitrogens with zero attached hydrogens (tertiary/aromatic N) is 3. The van der Waals surface area contributed by atoms with Crippen LogP contribution in [0.4, 0.5) is 5.95 Å². The number of rotatable bonds is 3. The number of aromatic nitrogens is 3. The molecule has 0 atom stereocenters.